The van der Waals surface area contributed by atoms with Crippen molar-refractivity contribution in [2.45, 2.75) is 38.5 Å². The van der Waals surface area contributed by atoms with Gasteiger partial charge in [-0.25, -0.2) is 4.99 Å². The highest BCUT2D eigenvalue weighted by molar-refractivity contribution is 14.0. The predicted molar refractivity (Wildman–Crippen MR) is 137 cm³/mol. The summed E-state index contributed by atoms with van der Waals surface area (Å²) in [7, 11) is 1.96. The maximum atomic E-state index is 6.10. The van der Waals surface area contributed by atoms with Crippen LogP contribution in [-0.2, 0) is 20.0 Å². The van der Waals surface area contributed by atoms with Crippen molar-refractivity contribution in [3.8, 4) is 11.5 Å². The number of halogens is 1. The Hall–Kier alpha value is -2.82. The van der Waals surface area contributed by atoms with Crippen LogP contribution in [0.25, 0.3) is 0 Å². The van der Waals surface area contributed by atoms with E-state index in [0.717, 1.165) is 47.5 Å². The molecule has 2 unspecified atom stereocenters. The van der Waals surface area contributed by atoms with Crippen LogP contribution in [-0.4, -0.2) is 40.0 Å². The van der Waals surface area contributed by atoms with Crippen molar-refractivity contribution in [3.63, 3.8) is 0 Å². The van der Waals surface area contributed by atoms with E-state index in [1.807, 2.05) is 48.9 Å². The first kappa shape index (κ1) is 23.3. The molecule has 174 valence electrons. The van der Waals surface area contributed by atoms with Crippen LogP contribution in [0.15, 0.2) is 53.5 Å². The van der Waals surface area contributed by atoms with Crippen LogP contribution < -0.4 is 20.1 Å². The van der Waals surface area contributed by atoms with Gasteiger partial charge in [0.1, 0.15) is 30.0 Å². The molecule has 0 saturated heterocycles. The molecule has 3 heterocycles. The lowest BCUT2D eigenvalue weighted by Crippen LogP contribution is -2.44. The molecule has 2 aliphatic rings. The fourth-order valence-corrected chi connectivity index (χ4v) is 4.13. The largest absolute Gasteiger partial charge is 0.493 e. The third-order valence-corrected chi connectivity index (χ3v) is 6.04. The SMILES string of the molecule is Cc1nnc(CN=C(NCC2Cc3ccccc3O2)NC2CCOc3ccccc32)n1C.I. The molecule has 0 fully saturated rings. The number of para-hydroxylation sites is 2. The number of nitrogens with zero attached hydrogens (tertiary/aromatic N) is 4. The van der Waals surface area contributed by atoms with Gasteiger partial charge in [0.2, 0.25) is 0 Å². The highest BCUT2D eigenvalue weighted by Crippen LogP contribution is 2.31. The number of aliphatic imine (C=N–C) groups is 1. The zero-order chi connectivity index (χ0) is 21.9. The van der Waals surface area contributed by atoms with Gasteiger partial charge in [-0.3, -0.25) is 0 Å². The van der Waals surface area contributed by atoms with E-state index in [0.29, 0.717) is 19.7 Å². The predicted octanol–water partition coefficient (Wildman–Crippen LogP) is 3.30. The normalized spacial score (nSPS) is 18.9. The van der Waals surface area contributed by atoms with E-state index >= 15 is 0 Å². The summed E-state index contributed by atoms with van der Waals surface area (Å²) in [6.07, 6.45) is 1.82. The average Bonchev–Trinajstić information content (AvgIpc) is 3.38. The first-order valence-corrected chi connectivity index (χ1v) is 11.0. The Balaban J connectivity index is 0.00000259. The highest BCUT2D eigenvalue weighted by Gasteiger charge is 2.25. The van der Waals surface area contributed by atoms with Crippen LogP contribution in [0.4, 0.5) is 0 Å². The third-order valence-electron chi connectivity index (χ3n) is 6.04. The second-order valence-corrected chi connectivity index (χ2v) is 8.19. The molecule has 3 aromatic rings. The molecule has 1 aromatic heterocycles. The minimum atomic E-state index is 0. The first-order chi connectivity index (χ1) is 15.7. The van der Waals surface area contributed by atoms with E-state index in [-0.39, 0.29) is 36.1 Å². The standard InChI is InChI=1S/C24H28N6O2.HI/c1-16-28-29-23(30(16)2)15-26-24(25-14-18-13-17-7-3-5-9-21(17)32-18)27-20-11-12-31-22-10-6-4-8-19(20)22;/h3-10,18,20H,11-15H2,1-2H3,(H2,25,26,27);1H. The summed E-state index contributed by atoms with van der Waals surface area (Å²) >= 11 is 0. The molecular formula is C24H29IN6O2. The van der Waals surface area contributed by atoms with Gasteiger partial charge in [-0.2, -0.15) is 0 Å². The quantitative estimate of drug-likeness (QED) is 0.283. The summed E-state index contributed by atoms with van der Waals surface area (Å²) in [5, 5.41) is 15.5. The number of hydrogen-bond donors (Lipinski definition) is 2. The Morgan fingerprint density at radius 3 is 2.70 bits per heavy atom. The average molecular weight is 560 g/mol. The highest BCUT2D eigenvalue weighted by atomic mass is 127. The second-order valence-electron chi connectivity index (χ2n) is 8.19. The molecule has 5 rings (SSSR count). The summed E-state index contributed by atoms with van der Waals surface area (Å²) in [6, 6.07) is 16.5. The van der Waals surface area contributed by atoms with Gasteiger partial charge < -0.3 is 24.7 Å². The second kappa shape index (κ2) is 10.4. The molecular weight excluding hydrogens is 531 g/mol. The van der Waals surface area contributed by atoms with Gasteiger partial charge in [0, 0.05) is 25.5 Å². The van der Waals surface area contributed by atoms with Crippen LogP contribution in [0.2, 0.25) is 0 Å². The monoisotopic (exact) mass is 560 g/mol. The molecule has 2 aliphatic heterocycles. The Kier molecular flexibility index (Phi) is 7.36. The summed E-state index contributed by atoms with van der Waals surface area (Å²) in [5.74, 6) is 4.31. The zero-order valence-electron chi connectivity index (χ0n) is 18.8. The maximum Gasteiger partial charge on any atom is 0.192 e. The third kappa shape index (κ3) is 5.23. The number of guanidine groups is 1. The van der Waals surface area contributed by atoms with Crippen molar-refractivity contribution in [2.75, 3.05) is 13.2 Å². The summed E-state index contributed by atoms with van der Waals surface area (Å²) < 4.78 is 13.9. The number of fused-ring (bicyclic) bond motifs is 2. The van der Waals surface area contributed by atoms with E-state index in [1.165, 1.54) is 5.56 Å². The molecule has 33 heavy (non-hydrogen) atoms. The van der Waals surface area contributed by atoms with E-state index in [2.05, 4.69) is 39.0 Å². The van der Waals surface area contributed by atoms with Gasteiger partial charge in [0.05, 0.1) is 19.2 Å². The maximum absolute atomic E-state index is 6.10. The topological polar surface area (TPSA) is 85.6 Å². The lowest BCUT2D eigenvalue weighted by molar-refractivity contribution is 0.233. The molecule has 0 bridgehead atoms. The fraction of sp³-hybridized carbons (Fsp3) is 0.375. The summed E-state index contributed by atoms with van der Waals surface area (Å²) in [6.45, 7) is 3.70. The van der Waals surface area contributed by atoms with E-state index in [4.69, 9.17) is 14.5 Å². The smallest absolute Gasteiger partial charge is 0.192 e. The molecule has 0 aliphatic carbocycles. The Bertz CT molecular complexity index is 1110. The van der Waals surface area contributed by atoms with E-state index in [1.54, 1.807) is 0 Å². The molecule has 0 spiro atoms. The van der Waals surface area contributed by atoms with E-state index < -0.39 is 0 Å². The Morgan fingerprint density at radius 1 is 1.12 bits per heavy atom. The minimum Gasteiger partial charge on any atom is -0.493 e. The van der Waals surface area contributed by atoms with Crippen molar-refractivity contribution in [1.82, 2.24) is 25.4 Å². The number of ether oxygens (including phenoxy) is 2. The van der Waals surface area contributed by atoms with Crippen LogP contribution in [0.3, 0.4) is 0 Å². The molecule has 2 atom stereocenters. The van der Waals surface area contributed by atoms with Crippen molar-refractivity contribution < 1.29 is 9.47 Å². The lowest BCUT2D eigenvalue weighted by atomic mass is 10.0. The van der Waals surface area contributed by atoms with Gasteiger partial charge in [-0.15, -0.1) is 34.2 Å². The van der Waals surface area contributed by atoms with Gasteiger partial charge in [0.25, 0.3) is 0 Å². The zero-order valence-corrected chi connectivity index (χ0v) is 21.2. The van der Waals surface area contributed by atoms with Crippen LogP contribution >= 0.6 is 24.0 Å². The van der Waals surface area contributed by atoms with Crippen LogP contribution in [0, 0.1) is 6.92 Å². The van der Waals surface area contributed by atoms with Gasteiger partial charge in [-0.1, -0.05) is 36.4 Å². The molecule has 0 radical (unpaired) electrons. The molecule has 9 heteroatoms. The first-order valence-electron chi connectivity index (χ1n) is 11.0. The van der Waals surface area contributed by atoms with Crippen LogP contribution in [0.5, 0.6) is 11.5 Å². The number of nitrogens with one attached hydrogen (secondary N) is 2. The van der Waals surface area contributed by atoms with Gasteiger partial charge >= 0.3 is 0 Å². The van der Waals surface area contributed by atoms with E-state index in [9.17, 15) is 0 Å². The number of hydrogen-bond acceptors (Lipinski definition) is 5. The fourth-order valence-electron chi connectivity index (χ4n) is 4.13. The Labute approximate surface area is 210 Å². The number of aryl methyl sites for hydroxylation is 1. The molecule has 0 amide bonds. The molecule has 2 aromatic carbocycles. The van der Waals surface area contributed by atoms with Crippen molar-refractivity contribution in [2.24, 2.45) is 12.0 Å². The summed E-state index contributed by atoms with van der Waals surface area (Å²) in [5.41, 5.74) is 2.39. The van der Waals surface area contributed by atoms with Crippen molar-refractivity contribution in [1.29, 1.82) is 0 Å². The number of aromatic nitrogens is 3. The van der Waals surface area contributed by atoms with Crippen LogP contribution in [0.1, 0.15) is 35.2 Å². The minimum absolute atomic E-state index is 0. The lowest BCUT2D eigenvalue weighted by Gasteiger charge is -2.28. The molecule has 0 saturated carbocycles. The summed E-state index contributed by atoms with van der Waals surface area (Å²) in [4.78, 5) is 4.82. The van der Waals surface area contributed by atoms with Crippen molar-refractivity contribution >= 4 is 29.9 Å². The Morgan fingerprint density at radius 2 is 1.91 bits per heavy atom. The van der Waals surface area contributed by atoms with Crippen molar-refractivity contribution in [3.05, 3.63) is 71.3 Å². The number of rotatable bonds is 5. The number of benzene rings is 2. The molecule has 8 nitrogen and oxygen atoms in total. The molecule has 2 N–H and O–H groups in total. The van der Waals surface area contributed by atoms with Gasteiger partial charge in [-0.05, 0) is 24.6 Å². The van der Waals surface area contributed by atoms with Gasteiger partial charge in [0.15, 0.2) is 11.8 Å².